The van der Waals surface area contributed by atoms with E-state index in [4.69, 9.17) is 9.92 Å². The molecule has 0 spiro atoms. The highest BCUT2D eigenvalue weighted by molar-refractivity contribution is 7.00. The topological polar surface area (TPSA) is 33.5 Å². The molecule has 0 amide bonds. The Labute approximate surface area is 328 Å². The Balaban J connectivity index is 1.12. The van der Waals surface area contributed by atoms with E-state index in [9.17, 15) is 0 Å². The molecule has 5 nitrogen and oxygen atoms in total. The van der Waals surface area contributed by atoms with Crippen molar-refractivity contribution < 1.29 is 4.94 Å². The van der Waals surface area contributed by atoms with Gasteiger partial charge in [-0.2, -0.15) is 5.06 Å². The Morgan fingerprint density at radius 2 is 1.12 bits per heavy atom. The maximum absolute atomic E-state index is 6.23. The first-order valence-electron chi connectivity index (χ1n) is 19.1. The van der Waals surface area contributed by atoms with Gasteiger partial charge >= 0.3 is 0 Å². The molecule has 0 saturated carbocycles. The molecule has 0 radical (unpaired) electrons. The maximum Gasteiger partial charge on any atom is 0.138 e. The van der Waals surface area contributed by atoms with E-state index in [1.54, 1.807) is 0 Å². The molecule has 0 bridgehead atoms. The van der Waals surface area contributed by atoms with Crippen molar-refractivity contribution in [3.05, 3.63) is 188 Å². The van der Waals surface area contributed by atoms with E-state index in [0.717, 1.165) is 39.5 Å². The van der Waals surface area contributed by atoms with Crippen LogP contribution in [0.4, 0.5) is 17.1 Å². The zero-order chi connectivity index (χ0) is 37.8. The van der Waals surface area contributed by atoms with Crippen molar-refractivity contribution in [3.8, 4) is 39.2 Å². The highest BCUT2D eigenvalue weighted by atomic mass is 28.3. The lowest BCUT2D eigenvalue weighted by molar-refractivity contribution is 0.142. The van der Waals surface area contributed by atoms with Crippen LogP contribution < -0.4 is 20.5 Å². The second-order valence-corrected chi connectivity index (χ2v) is 19.4. The smallest absolute Gasteiger partial charge is 0.138 e. The molecule has 0 unspecified atom stereocenters. The molecule has 7 aromatic carbocycles. The molecule has 56 heavy (non-hydrogen) atoms. The summed E-state index contributed by atoms with van der Waals surface area (Å²) in [6.07, 6.45) is 1.96. The minimum absolute atomic E-state index is 0.892. The number of pyridine rings is 1. The van der Waals surface area contributed by atoms with Crippen LogP contribution in [0.2, 0.25) is 13.1 Å². The van der Waals surface area contributed by atoms with Crippen LogP contribution in [0.1, 0.15) is 0 Å². The lowest BCUT2D eigenvalue weighted by Gasteiger charge is -2.26. The first-order valence-corrected chi connectivity index (χ1v) is 22.1. The van der Waals surface area contributed by atoms with Crippen molar-refractivity contribution in [2.75, 3.05) is 17.2 Å². The molecule has 10 rings (SSSR count). The number of hydrogen-bond acceptors (Lipinski definition) is 4. The third-order valence-electron chi connectivity index (χ3n) is 11.3. The Morgan fingerprint density at radius 1 is 0.500 bits per heavy atom. The molecule has 0 saturated heterocycles. The van der Waals surface area contributed by atoms with Crippen molar-refractivity contribution in [3.63, 3.8) is 0 Å². The van der Waals surface area contributed by atoms with Crippen molar-refractivity contribution in [2.24, 2.45) is 0 Å². The van der Waals surface area contributed by atoms with Crippen molar-refractivity contribution in [1.82, 2.24) is 9.55 Å². The Hall–Kier alpha value is -6.73. The second-order valence-electron chi connectivity index (χ2n) is 15.0. The Morgan fingerprint density at radius 3 is 1.88 bits per heavy atom. The summed E-state index contributed by atoms with van der Waals surface area (Å²) < 4.78 is 2.36. The van der Waals surface area contributed by atoms with E-state index in [1.807, 2.05) is 29.4 Å². The Bertz CT molecular complexity index is 2850. The van der Waals surface area contributed by atoms with Gasteiger partial charge in [0.25, 0.3) is 0 Å². The normalized spacial score (nSPS) is 12.8. The van der Waals surface area contributed by atoms with Gasteiger partial charge in [-0.3, -0.25) is 4.57 Å². The first kappa shape index (κ1) is 33.8. The lowest BCUT2D eigenvalue weighted by Crippen LogP contribution is -2.52. The molecule has 0 fully saturated rings. The first-order chi connectivity index (χ1) is 27.5. The third kappa shape index (κ3) is 5.61. The van der Waals surface area contributed by atoms with Crippen LogP contribution in [0, 0.1) is 0 Å². The molecule has 3 heterocycles. The van der Waals surface area contributed by atoms with Crippen LogP contribution in [0.3, 0.4) is 0 Å². The standard InChI is InChI=1S/C50H40N4OSi/c1-52-46-26-12-13-27-47(46)54(55-52)38-20-14-21-39(33-38)56(2,3)40-28-29-44-43-22-10-11-25-45(43)53(48(44)34-40)49-32-37(30-31-51-49)50-41(35-16-6-4-7-17-35)23-15-24-42(50)36-18-8-5-9-19-36/h4-34H,1-3H3. The largest absolute Gasteiger partial charge is 0.294 e. The summed E-state index contributed by atoms with van der Waals surface area (Å²) in [5.74, 6) is 0.892. The number of anilines is 3. The minimum atomic E-state index is -2.22. The van der Waals surface area contributed by atoms with Crippen molar-refractivity contribution in [2.45, 2.75) is 13.1 Å². The van der Waals surface area contributed by atoms with E-state index >= 15 is 0 Å². The molecule has 270 valence electrons. The summed E-state index contributed by atoms with van der Waals surface area (Å²) in [5.41, 5.74) is 12.5. The zero-order valence-electron chi connectivity index (χ0n) is 31.6. The number of nitrogens with zero attached hydrogens (tertiary/aromatic N) is 4. The number of para-hydroxylation sites is 3. The predicted molar refractivity (Wildman–Crippen MR) is 236 cm³/mol. The van der Waals surface area contributed by atoms with Crippen LogP contribution in [0.5, 0.6) is 0 Å². The van der Waals surface area contributed by atoms with E-state index < -0.39 is 8.07 Å². The molecule has 0 atom stereocenters. The molecule has 1 aliphatic rings. The highest BCUT2D eigenvalue weighted by Gasteiger charge is 2.31. The van der Waals surface area contributed by atoms with E-state index in [-0.39, 0.29) is 0 Å². The van der Waals surface area contributed by atoms with Gasteiger partial charge in [-0.1, -0.05) is 157 Å². The summed E-state index contributed by atoms with van der Waals surface area (Å²) in [4.78, 5) is 11.3. The SMILES string of the molecule is CN1ON(c2cccc([Si](C)(C)c3ccc4c5ccccc5n(-c5cc(-c6c(-c7ccccc7)cccc6-c6ccccc6)ccn5)c4c3)c2)c2ccccc21. The zero-order valence-corrected chi connectivity index (χ0v) is 32.6. The van der Waals surface area contributed by atoms with Gasteiger partial charge in [0, 0.05) is 24.0 Å². The monoisotopic (exact) mass is 740 g/mol. The fourth-order valence-corrected chi connectivity index (χ4v) is 10.7. The highest BCUT2D eigenvalue weighted by Crippen LogP contribution is 2.42. The van der Waals surface area contributed by atoms with Crippen LogP contribution in [-0.2, 0) is 4.94 Å². The molecule has 2 aromatic heterocycles. The lowest BCUT2D eigenvalue weighted by atomic mass is 9.88. The van der Waals surface area contributed by atoms with E-state index in [2.05, 4.69) is 194 Å². The van der Waals surface area contributed by atoms with Crippen molar-refractivity contribution >= 4 is 57.3 Å². The number of aromatic nitrogens is 2. The van der Waals surface area contributed by atoms with Crippen molar-refractivity contribution in [1.29, 1.82) is 0 Å². The fraction of sp³-hybridized carbons (Fsp3) is 0.0600. The summed E-state index contributed by atoms with van der Waals surface area (Å²) in [6.45, 7) is 4.88. The number of benzene rings is 7. The van der Waals surface area contributed by atoms with Gasteiger partial charge in [-0.05, 0) is 81.9 Å². The minimum Gasteiger partial charge on any atom is -0.294 e. The van der Waals surface area contributed by atoms with Gasteiger partial charge < -0.3 is 0 Å². The summed E-state index contributed by atoms with van der Waals surface area (Å²) in [7, 11) is -0.271. The van der Waals surface area contributed by atoms with Crippen LogP contribution in [-0.4, -0.2) is 24.7 Å². The second kappa shape index (κ2) is 13.5. The van der Waals surface area contributed by atoms with Crippen LogP contribution in [0.25, 0.3) is 61.0 Å². The van der Waals surface area contributed by atoms with Gasteiger partial charge in [-0.25, -0.2) is 10.0 Å². The van der Waals surface area contributed by atoms with Gasteiger partial charge in [0.1, 0.15) is 13.9 Å². The van der Waals surface area contributed by atoms with Crippen LogP contribution in [0.15, 0.2) is 188 Å². The summed E-state index contributed by atoms with van der Waals surface area (Å²) in [6, 6.07) is 65.4. The summed E-state index contributed by atoms with van der Waals surface area (Å²) in [5, 5.41) is 8.87. The molecule has 9 aromatic rings. The predicted octanol–water partition coefficient (Wildman–Crippen LogP) is 11.4. The van der Waals surface area contributed by atoms with E-state index in [1.165, 1.54) is 49.0 Å². The average molecular weight is 741 g/mol. The van der Waals surface area contributed by atoms with Gasteiger partial charge in [-0.15, -0.1) is 4.94 Å². The van der Waals surface area contributed by atoms with Gasteiger partial charge in [0.2, 0.25) is 0 Å². The molecular formula is C50H40N4OSi. The van der Waals surface area contributed by atoms with Gasteiger partial charge in [0.15, 0.2) is 0 Å². The number of rotatable bonds is 7. The maximum atomic E-state index is 6.23. The Kier molecular flexibility index (Phi) is 8.17. The molecule has 0 N–H and O–H groups in total. The molecular weight excluding hydrogens is 701 g/mol. The van der Waals surface area contributed by atoms with Crippen LogP contribution >= 0.6 is 0 Å². The number of hydroxylamine groups is 1. The quantitative estimate of drug-likeness (QED) is 0.152. The summed E-state index contributed by atoms with van der Waals surface area (Å²) >= 11 is 0. The molecule has 0 aliphatic carbocycles. The molecule has 6 heteroatoms. The number of hydrogen-bond donors (Lipinski definition) is 0. The van der Waals surface area contributed by atoms with E-state index in [0.29, 0.717) is 0 Å². The third-order valence-corrected chi connectivity index (χ3v) is 14.8. The fourth-order valence-electron chi connectivity index (χ4n) is 8.37. The number of fused-ring (bicyclic) bond motifs is 4. The van der Waals surface area contributed by atoms with Gasteiger partial charge in [0.05, 0.1) is 28.1 Å². The molecule has 1 aliphatic heterocycles. The average Bonchev–Trinajstić information content (AvgIpc) is 3.78.